The topological polar surface area (TPSA) is 108 Å². The highest BCUT2D eigenvalue weighted by Crippen LogP contribution is 1.89. The second kappa shape index (κ2) is 5.54. The number of nitrogens with one attached hydrogen (secondary N) is 2. The van der Waals surface area contributed by atoms with Crippen LogP contribution in [0.2, 0.25) is 0 Å². The molecule has 7 nitrogen and oxygen atoms in total. The number of allylic oxidation sites excluding steroid dienone is 1. The zero-order valence-electron chi connectivity index (χ0n) is 6.90. The number of nitro groups is 1. The molecule has 2 N–H and O–H groups in total. The molecule has 7 heteroatoms. The largest absolute Gasteiger partial charge is 0.361 e. The van der Waals surface area contributed by atoms with Crippen LogP contribution in [-0.2, 0) is 0 Å². The van der Waals surface area contributed by atoms with Crippen LogP contribution in [0.4, 0.5) is 4.79 Å². The molecule has 0 heterocycles. The summed E-state index contributed by atoms with van der Waals surface area (Å²) < 4.78 is 0. The maximum Gasteiger partial charge on any atom is 0.361 e. The number of carbonyl (C=O) groups excluding carboxylic acids is 1. The van der Waals surface area contributed by atoms with Gasteiger partial charge in [-0.15, -0.1) is 0 Å². The molecule has 0 aromatic rings. The second-order valence-corrected chi connectivity index (χ2v) is 1.90. The van der Waals surface area contributed by atoms with Gasteiger partial charge in [-0.1, -0.05) is 0 Å². The standard InChI is InChI=1S/C6H8N4O3/c1-2-8-6(11)9-4-5(3-7)10(12)13/h4H,2H2,1H3,(H2,8,9,11)/b5-4-. The van der Waals surface area contributed by atoms with Gasteiger partial charge in [-0.25, -0.2) is 4.79 Å². The average Bonchev–Trinajstić information content (AvgIpc) is 2.05. The minimum atomic E-state index is -0.883. The number of amides is 2. The number of rotatable bonds is 3. The Labute approximate surface area is 74.2 Å². The van der Waals surface area contributed by atoms with E-state index in [0.717, 1.165) is 6.20 Å². The Hall–Kier alpha value is -2.10. The van der Waals surface area contributed by atoms with Crippen LogP contribution in [-0.4, -0.2) is 17.5 Å². The van der Waals surface area contributed by atoms with Gasteiger partial charge in [0.05, 0.1) is 11.1 Å². The van der Waals surface area contributed by atoms with Crippen LogP contribution in [0, 0.1) is 21.4 Å². The molecular weight excluding hydrogens is 176 g/mol. The molecule has 0 spiro atoms. The number of nitriles is 1. The van der Waals surface area contributed by atoms with Crippen LogP contribution >= 0.6 is 0 Å². The minimum absolute atomic E-state index is 0.403. The first-order valence-electron chi connectivity index (χ1n) is 3.40. The van der Waals surface area contributed by atoms with Gasteiger partial charge in [0, 0.05) is 6.54 Å². The molecule has 70 valence electrons. The third-order valence-corrected chi connectivity index (χ3v) is 0.989. The Morgan fingerprint density at radius 2 is 2.38 bits per heavy atom. The molecule has 0 radical (unpaired) electrons. The summed E-state index contributed by atoms with van der Waals surface area (Å²) in [7, 11) is 0. The van der Waals surface area contributed by atoms with E-state index in [-0.39, 0.29) is 0 Å². The molecule has 0 aliphatic heterocycles. The summed E-state index contributed by atoms with van der Waals surface area (Å²) in [4.78, 5) is 19.8. The monoisotopic (exact) mass is 184 g/mol. The van der Waals surface area contributed by atoms with Crippen molar-refractivity contribution in [1.29, 1.82) is 5.26 Å². The molecule has 0 aromatic carbocycles. The van der Waals surface area contributed by atoms with E-state index in [9.17, 15) is 14.9 Å². The van der Waals surface area contributed by atoms with E-state index in [1.54, 1.807) is 6.92 Å². The molecule has 0 rings (SSSR count). The van der Waals surface area contributed by atoms with Crippen LogP contribution in [0.5, 0.6) is 0 Å². The zero-order valence-corrected chi connectivity index (χ0v) is 6.90. The fraction of sp³-hybridized carbons (Fsp3) is 0.333. The highest BCUT2D eigenvalue weighted by Gasteiger charge is 2.08. The molecule has 0 saturated carbocycles. The van der Waals surface area contributed by atoms with Crippen molar-refractivity contribution in [2.75, 3.05) is 6.54 Å². The molecule has 0 bridgehead atoms. The van der Waals surface area contributed by atoms with E-state index in [1.165, 1.54) is 6.07 Å². The second-order valence-electron chi connectivity index (χ2n) is 1.90. The molecule has 13 heavy (non-hydrogen) atoms. The zero-order chi connectivity index (χ0) is 10.3. The van der Waals surface area contributed by atoms with E-state index >= 15 is 0 Å². The van der Waals surface area contributed by atoms with Crippen molar-refractivity contribution in [2.45, 2.75) is 6.92 Å². The molecule has 0 aromatic heterocycles. The van der Waals surface area contributed by atoms with Crippen molar-refractivity contribution >= 4 is 6.03 Å². The average molecular weight is 184 g/mol. The number of hydrogen-bond donors (Lipinski definition) is 2. The van der Waals surface area contributed by atoms with E-state index in [1.807, 2.05) is 5.32 Å². The van der Waals surface area contributed by atoms with Crippen LogP contribution < -0.4 is 10.6 Å². The van der Waals surface area contributed by atoms with E-state index in [4.69, 9.17) is 5.26 Å². The summed E-state index contributed by atoms with van der Waals surface area (Å²) in [6, 6.07) is 0.732. The summed E-state index contributed by atoms with van der Waals surface area (Å²) in [5.74, 6) is 0. The molecule has 0 aliphatic rings. The van der Waals surface area contributed by atoms with Crippen molar-refractivity contribution in [2.24, 2.45) is 0 Å². The van der Waals surface area contributed by atoms with Gasteiger partial charge in [-0.05, 0) is 6.92 Å². The maximum absolute atomic E-state index is 10.7. The van der Waals surface area contributed by atoms with Gasteiger partial charge < -0.3 is 10.6 Å². The molecular formula is C6H8N4O3. The molecule has 0 fully saturated rings. The predicted molar refractivity (Wildman–Crippen MR) is 42.9 cm³/mol. The van der Waals surface area contributed by atoms with Crippen LogP contribution in [0.3, 0.4) is 0 Å². The third-order valence-electron chi connectivity index (χ3n) is 0.989. The lowest BCUT2D eigenvalue weighted by molar-refractivity contribution is -0.417. The first kappa shape index (κ1) is 10.9. The van der Waals surface area contributed by atoms with E-state index < -0.39 is 16.7 Å². The Kier molecular flexibility index (Phi) is 4.64. The van der Waals surface area contributed by atoms with Crippen molar-refractivity contribution in [3.05, 3.63) is 22.0 Å². The first-order chi connectivity index (χ1) is 6.11. The Morgan fingerprint density at radius 1 is 1.77 bits per heavy atom. The summed E-state index contributed by atoms with van der Waals surface area (Å²) in [6.45, 7) is 2.10. The van der Waals surface area contributed by atoms with Crippen LogP contribution in [0.1, 0.15) is 6.92 Å². The van der Waals surface area contributed by atoms with Crippen molar-refractivity contribution in [3.63, 3.8) is 0 Å². The van der Waals surface area contributed by atoms with Gasteiger partial charge in [0.1, 0.15) is 0 Å². The minimum Gasteiger partial charge on any atom is -0.338 e. The van der Waals surface area contributed by atoms with Gasteiger partial charge >= 0.3 is 11.7 Å². The lowest BCUT2D eigenvalue weighted by Crippen LogP contribution is -2.32. The smallest absolute Gasteiger partial charge is 0.338 e. The highest BCUT2D eigenvalue weighted by atomic mass is 16.6. The van der Waals surface area contributed by atoms with E-state index in [2.05, 4.69) is 5.32 Å². The molecule has 0 aliphatic carbocycles. The van der Waals surface area contributed by atoms with Gasteiger partial charge in [0.15, 0.2) is 6.07 Å². The van der Waals surface area contributed by atoms with Gasteiger partial charge in [-0.3, -0.25) is 10.1 Å². The van der Waals surface area contributed by atoms with Crippen molar-refractivity contribution < 1.29 is 9.72 Å². The third kappa shape index (κ3) is 4.36. The Bertz CT molecular complexity index is 278. The van der Waals surface area contributed by atoms with Crippen molar-refractivity contribution in [1.82, 2.24) is 10.6 Å². The highest BCUT2D eigenvalue weighted by molar-refractivity contribution is 5.74. The summed E-state index contributed by atoms with van der Waals surface area (Å²) in [6.07, 6.45) is 0.741. The molecule has 2 amide bonds. The number of urea groups is 1. The quantitative estimate of drug-likeness (QED) is 0.364. The number of nitrogens with zero attached hydrogens (tertiary/aromatic N) is 2. The molecule has 0 atom stereocenters. The summed E-state index contributed by atoms with van der Waals surface area (Å²) in [5.41, 5.74) is -0.716. The molecule has 0 unspecified atom stereocenters. The van der Waals surface area contributed by atoms with Gasteiger partial charge in [0.2, 0.25) is 0 Å². The van der Waals surface area contributed by atoms with Crippen molar-refractivity contribution in [3.8, 4) is 6.07 Å². The SMILES string of the molecule is CCNC(=O)N/C=C(/C#N)[N+](=O)[O-]. The Morgan fingerprint density at radius 3 is 2.77 bits per heavy atom. The van der Waals surface area contributed by atoms with Crippen LogP contribution in [0.25, 0.3) is 0 Å². The molecule has 0 saturated heterocycles. The normalized spacial score (nSPS) is 10.0. The number of hydrogen-bond acceptors (Lipinski definition) is 4. The lowest BCUT2D eigenvalue weighted by atomic mass is 10.5. The van der Waals surface area contributed by atoms with Gasteiger partial charge in [0.25, 0.3) is 0 Å². The van der Waals surface area contributed by atoms with Gasteiger partial charge in [-0.2, -0.15) is 5.26 Å². The fourth-order valence-electron chi connectivity index (χ4n) is 0.471. The summed E-state index contributed by atoms with van der Waals surface area (Å²) >= 11 is 0. The fourth-order valence-corrected chi connectivity index (χ4v) is 0.471. The van der Waals surface area contributed by atoms with E-state index in [0.29, 0.717) is 6.54 Å². The lowest BCUT2D eigenvalue weighted by Gasteiger charge is -1.98. The first-order valence-corrected chi connectivity index (χ1v) is 3.40. The Balaban J connectivity index is 4.17. The maximum atomic E-state index is 10.7. The summed E-state index contributed by atoms with van der Waals surface area (Å²) in [5, 5.41) is 22.6. The number of carbonyl (C=O) groups is 1. The van der Waals surface area contributed by atoms with Crippen LogP contribution in [0.15, 0.2) is 11.9 Å². The predicted octanol–water partition coefficient (Wildman–Crippen LogP) is -0.0528.